The number of nitrogens with zero attached hydrogens (tertiary/aromatic N) is 3. The Morgan fingerprint density at radius 1 is 1.25 bits per heavy atom. The number of thiophene rings is 1. The number of hydrogen-bond donors (Lipinski definition) is 0. The Morgan fingerprint density at radius 2 is 2.00 bits per heavy atom. The smallest absolute Gasteiger partial charge is 0.263 e. The van der Waals surface area contributed by atoms with Gasteiger partial charge in [-0.25, -0.2) is 0 Å². The topological polar surface area (TPSA) is 56.6 Å². The second kappa shape index (κ2) is 8.48. The van der Waals surface area contributed by atoms with Crippen LogP contribution in [0.5, 0.6) is 11.5 Å². The Kier molecular flexibility index (Phi) is 6.04. The van der Waals surface area contributed by atoms with E-state index in [-0.39, 0.29) is 5.91 Å². The number of ether oxygens (including phenoxy) is 2. The summed E-state index contributed by atoms with van der Waals surface area (Å²) in [4.78, 5) is 15.2. The number of methoxy groups -OCH3 is 1. The largest absolute Gasteiger partial charge is 0.497 e. The predicted molar refractivity (Wildman–Crippen MR) is 110 cm³/mol. The van der Waals surface area contributed by atoms with Gasteiger partial charge >= 0.3 is 0 Å². The second-order valence-corrected chi connectivity index (χ2v) is 7.63. The van der Waals surface area contributed by atoms with Crippen LogP contribution in [0.2, 0.25) is 0 Å². The van der Waals surface area contributed by atoms with Gasteiger partial charge in [0.25, 0.3) is 5.91 Å². The van der Waals surface area contributed by atoms with Gasteiger partial charge in [-0.15, -0.1) is 11.3 Å². The van der Waals surface area contributed by atoms with Crippen molar-refractivity contribution < 1.29 is 14.3 Å². The Balaban J connectivity index is 1.63. The minimum absolute atomic E-state index is 0.000262. The Bertz CT molecular complexity index is 977. The summed E-state index contributed by atoms with van der Waals surface area (Å²) in [6.07, 6.45) is 0. The quantitative estimate of drug-likeness (QED) is 0.603. The van der Waals surface area contributed by atoms with Gasteiger partial charge in [0.1, 0.15) is 18.1 Å². The number of hydrogen-bond acceptors (Lipinski definition) is 5. The lowest BCUT2D eigenvalue weighted by atomic mass is 10.2. The van der Waals surface area contributed by atoms with Crippen LogP contribution in [-0.4, -0.2) is 34.7 Å². The van der Waals surface area contributed by atoms with Crippen molar-refractivity contribution in [3.8, 4) is 11.5 Å². The van der Waals surface area contributed by atoms with E-state index in [0.29, 0.717) is 18.0 Å². The monoisotopic (exact) mass is 399 g/mol. The van der Waals surface area contributed by atoms with E-state index in [4.69, 9.17) is 9.47 Å². The zero-order valence-electron chi connectivity index (χ0n) is 16.9. The third-order valence-corrected chi connectivity index (χ3v) is 5.68. The summed E-state index contributed by atoms with van der Waals surface area (Å²) in [5.74, 6) is 1.49. The first-order valence-electron chi connectivity index (χ1n) is 8.98. The van der Waals surface area contributed by atoms with Gasteiger partial charge in [0, 0.05) is 43.5 Å². The highest BCUT2D eigenvalue weighted by Crippen LogP contribution is 2.23. The van der Waals surface area contributed by atoms with E-state index in [0.717, 1.165) is 34.0 Å². The molecule has 28 heavy (non-hydrogen) atoms. The van der Waals surface area contributed by atoms with Crippen molar-refractivity contribution in [3.05, 3.63) is 63.1 Å². The van der Waals surface area contributed by atoms with E-state index in [1.165, 1.54) is 11.3 Å². The zero-order valence-corrected chi connectivity index (χ0v) is 17.7. The average Bonchev–Trinajstić information content (AvgIpc) is 3.26. The maximum absolute atomic E-state index is 12.8. The van der Waals surface area contributed by atoms with Gasteiger partial charge in [-0.2, -0.15) is 5.10 Å². The molecule has 6 nitrogen and oxygen atoms in total. The fourth-order valence-electron chi connectivity index (χ4n) is 2.96. The van der Waals surface area contributed by atoms with Gasteiger partial charge in [-0.05, 0) is 37.4 Å². The summed E-state index contributed by atoms with van der Waals surface area (Å²) in [6.45, 7) is 4.94. The van der Waals surface area contributed by atoms with E-state index in [1.807, 2.05) is 68.3 Å². The van der Waals surface area contributed by atoms with E-state index in [1.54, 1.807) is 12.0 Å². The van der Waals surface area contributed by atoms with Crippen LogP contribution in [0, 0.1) is 13.8 Å². The van der Waals surface area contributed by atoms with Crippen molar-refractivity contribution in [3.63, 3.8) is 0 Å². The third-order valence-electron chi connectivity index (χ3n) is 4.71. The molecule has 0 saturated heterocycles. The van der Waals surface area contributed by atoms with Crippen LogP contribution in [0.1, 0.15) is 32.2 Å². The number of carbonyl (C=O) groups excluding carboxylic acids is 1. The van der Waals surface area contributed by atoms with Gasteiger partial charge < -0.3 is 14.4 Å². The van der Waals surface area contributed by atoms with E-state index in [9.17, 15) is 4.79 Å². The SMILES string of the molecule is COc1cccc(OCc2csc(C(=O)N(C)Cc3c(C)nn(C)c3C)c2)c1. The third kappa shape index (κ3) is 4.36. The van der Waals surface area contributed by atoms with Crippen LogP contribution < -0.4 is 9.47 Å². The molecule has 148 valence electrons. The standard InChI is InChI=1S/C21H25N3O3S/c1-14-19(15(2)24(4)22-14)11-23(3)21(25)20-9-16(13-28-20)12-27-18-8-6-7-17(10-18)26-5/h6-10,13H,11-12H2,1-5H3. The number of carbonyl (C=O) groups is 1. The molecule has 0 N–H and O–H groups in total. The molecule has 7 heteroatoms. The van der Waals surface area contributed by atoms with Crippen LogP contribution in [0.3, 0.4) is 0 Å². The molecule has 0 aliphatic rings. The normalized spacial score (nSPS) is 10.8. The molecule has 1 amide bonds. The molecular formula is C21H25N3O3S. The average molecular weight is 400 g/mol. The lowest BCUT2D eigenvalue weighted by Gasteiger charge is -2.16. The van der Waals surface area contributed by atoms with Crippen molar-refractivity contribution in [2.24, 2.45) is 7.05 Å². The van der Waals surface area contributed by atoms with Crippen LogP contribution in [0.15, 0.2) is 35.7 Å². The molecule has 2 heterocycles. The molecule has 2 aromatic heterocycles. The van der Waals surface area contributed by atoms with E-state index < -0.39 is 0 Å². The Hall–Kier alpha value is -2.80. The van der Waals surface area contributed by atoms with Crippen molar-refractivity contribution >= 4 is 17.2 Å². The fourth-order valence-corrected chi connectivity index (χ4v) is 3.85. The van der Waals surface area contributed by atoms with Crippen LogP contribution in [-0.2, 0) is 20.2 Å². The molecule has 0 radical (unpaired) electrons. The van der Waals surface area contributed by atoms with Gasteiger partial charge in [0.15, 0.2) is 0 Å². The molecule has 1 aromatic carbocycles. The van der Waals surface area contributed by atoms with Crippen LogP contribution in [0.25, 0.3) is 0 Å². The first kappa shape index (κ1) is 19.9. The summed E-state index contributed by atoms with van der Waals surface area (Å²) in [5, 5.41) is 6.38. The highest BCUT2D eigenvalue weighted by atomic mass is 32.1. The molecule has 0 aliphatic carbocycles. The molecule has 3 rings (SSSR count). The van der Waals surface area contributed by atoms with E-state index in [2.05, 4.69) is 5.10 Å². The lowest BCUT2D eigenvalue weighted by Crippen LogP contribution is -2.26. The molecule has 0 aliphatic heterocycles. The molecule has 0 bridgehead atoms. The Labute approximate surface area is 169 Å². The minimum Gasteiger partial charge on any atom is -0.497 e. The molecule has 3 aromatic rings. The molecular weight excluding hydrogens is 374 g/mol. The first-order valence-corrected chi connectivity index (χ1v) is 9.85. The molecule has 0 saturated carbocycles. The summed E-state index contributed by atoms with van der Waals surface area (Å²) < 4.78 is 12.9. The minimum atomic E-state index is 0.000262. The predicted octanol–water partition coefficient (Wildman–Crippen LogP) is 3.96. The van der Waals surface area contributed by atoms with Crippen molar-refractivity contribution in [1.82, 2.24) is 14.7 Å². The Morgan fingerprint density at radius 3 is 2.68 bits per heavy atom. The fraction of sp³-hybridized carbons (Fsp3) is 0.333. The molecule has 0 unspecified atom stereocenters. The summed E-state index contributed by atoms with van der Waals surface area (Å²) in [7, 11) is 5.36. The number of amides is 1. The van der Waals surface area contributed by atoms with Gasteiger partial charge in [0.05, 0.1) is 17.7 Å². The highest BCUT2D eigenvalue weighted by Gasteiger charge is 2.18. The van der Waals surface area contributed by atoms with Crippen molar-refractivity contribution in [2.75, 3.05) is 14.2 Å². The van der Waals surface area contributed by atoms with Gasteiger partial charge in [-0.1, -0.05) is 6.07 Å². The van der Waals surface area contributed by atoms with Crippen molar-refractivity contribution in [2.45, 2.75) is 27.0 Å². The van der Waals surface area contributed by atoms with Gasteiger partial charge in [0.2, 0.25) is 0 Å². The number of benzene rings is 1. The maximum atomic E-state index is 12.8. The number of rotatable bonds is 7. The first-order chi connectivity index (χ1) is 13.4. The summed E-state index contributed by atoms with van der Waals surface area (Å²) >= 11 is 1.44. The van der Waals surface area contributed by atoms with Crippen LogP contribution in [0.4, 0.5) is 0 Å². The summed E-state index contributed by atoms with van der Waals surface area (Å²) in [5.41, 5.74) is 4.10. The van der Waals surface area contributed by atoms with E-state index >= 15 is 0 Å². The highest BCUT2D eigenvalue weighted by molar-refractivity contribution is 7.12. The molecule has 0 spiro atoms. The maximum Gasteiger partial charge on any atom is 0.263 e. The van der Waals surface area contributed by atoms with Crippen molar-refractivity contribution in [1.29, 1.82) is 0 Å². The lowest BCUT2D eigenvalue weighted by molar-refractivity contribution is 0.0789. The second-order valence-electron chi connectivity index (χ2n) is 6.72. The number of aryl methyl sites for hydroxylation is 2. The van der Waals surface area contributed by atoms with Gasteiger partial charge in [-0.3, -0.25) is 9.48 Å². The number of aromatic nitrogens is 2. The van der Waals surface area contributed by atoms with Crippen LogP contribution >= 0.6 is 11.3 Å². The zero-order chi connectivity index (χ0) is 20.3. The summed E-state index contributed by atoms with van der Waals surface area (Å²) in [6, 6.07) is 9.37. The molecule has 0 fully saturated rings. The molecule has 0 atom stereocenters.